The van der Waals surface area contributed by atoms with Gasteiger partial charge in [-0.15, -0.1) is 24.0 Å². The van der Waals surface area contributed by atoms with Gasteiger partial charge < -0.3 is 20.0 Å². The first kappa shape index (κ1) is 24.8. The summed E-state index contributed by atoms with van der Waals surface area (Å²) in [7, 11) is 1.84. The molecule has 4 rings (SSSR count). The van der Waals surface area contributed by atoms with Crippen LogP contribution < -0.4 is 10.2 Å². The van der Waals surface area contributed by atoms with Crippen molar-refractivity contribution in [2.75, 3.05) is 64.3 Å². The molecule has 7 nitrogen and oxygen atoms in total. The normalized spacial score (nSPS) is 20.4. The summed E-state index contributed by atoms with van der Waals surface area (Å²) in [5, 5.41) is 3.51. The van der Waals surface area contributed by atoms with Crippen molar-refractivity contribution in [1.29, 1.82) is 0 Å². The summed E-state index contributed by atoms with van der Waals surface area (Å²) in [6.45, 7) is 10.2. The number of anilines is 1. The summed E-state index contributed by atoms with van der Waals surface area (Å²) in [5.41, 5.74) is 2.52. The molecule has 0 aromatic heterocycles. The highest BCUT2D eigenvalue weighted by Gasteiger charge is 2.30. The van der Waals surface area contributed by atoms with E-state index in [-0.39, 0.29) is 30.0 Å². The second-order valence-corrected chi connectivity index (χ2v) is 8.67. The number of aliphatic imine (C=N–C) groups is 1. The number of carbonyl (C=O) groups excluding carboxylic acids is 1. The van der Waals surface area contributed by atoms with Crippen molar-refractivity contribution in [3.05, 3.63) is 42.0 Å². The number of hydrogen-bond donors (Lipinski definition) is 1. The highest BCUT2D eigenvalue weighted by atomic mass is 127. The van der Waals surface area contributed by atoms with Crippen molar-refractivity contribution in [2.45, 2.75) is 32.4 Å². The summed E-state index contributed by atoms with van der Waals surface area (Å²) >= 11 is 0. The molecule has 0 radical (unpaired) electrons. The number of nitrogens with zero attached hydrogens (tertiary/aromatic N) is 5. The molecule has 176 valence electrons. The Labute approximate surface area is 209 Å². The molecule has 3 heterocycles. The standard InChI is InChI=1S/C24H36N6O.HI/c1-20(23(31)29-13-5-6-14-29)27-15-17-30(18-16-27)24(25-2)26-19-21-7-9-22(10-8-21)28-11-3-4-12-28;/h3-4,7-10,20H,5-6,11-19H2,1-2H3,(H,25,26);1H. The number of benzene rings is 1. The Morgan fingerprint density at radius 3 is 2.19 bits per heavy atom. The molecule has 1 aromatic rings. The molecular formula is C24H37IN6O. The van der Waals surface area contributed by atoms with Gasteiger partial charge in [-0.05, 0) is 37.5 Å². The third-order valence-corrected chi connectivity index (χ3v) is 6.72. The predicted octanol–water partition coefficient (Wildman–Crippen LogP) is 2.38. The fourth-order valence-corrected chi connectivity index (χ4v) is 4.71. The smallest absolute Gasteiger partial charge is 0.239 e. The molecular weight excluding hydrogens is 515 g/mol. The van der Waals surface area contributed by atoms with Gasteiger partial charge in [0.1, 0.15) is 0 Å². The molecule has 2 fully saturated rings. The Balaban J connectivity index is 0.00000289. The Bertz CT molecular complexity index is 789. The van der Waals surface area contributed by atoms with E-state index in [2.05, 4.69) is 68.4 Å². The molecule has 1 amide bonds. The molecule has 1 atom stereocenters. The molecule has 0 saturated carbocycles. The van der Waals surface area contributed by atoms with Gasteiger partial charge in [0, 0.05) is 71.6 Å². The summed E-state index contributed by atoms with van der Waals surface area (Å²) in [4.78, 5) is 26.2. The zero-order valence-electron chi connectivity index (χ0n) is 19.4. The van der Waals surface area contributed by atoms with Crippen LogP contribution in [0.2, 0.25) is 0 Å². The number of carbonyl (C=O) groups is 1. The first-order chi connectivity index (χ1) is 15.2. The molecule has 3 aliphatic heterocycles. The average Bonchev–Trinajstić information content (AvgIpc) is 3.54. The lowest BCUT2D eigenvalue weighted by molar-refractivity contribution is -0.135. The van der Waals surface area contributed by atoms with Crippen LogP contribution in [0.15, 0.2) is 41.4 Å². The lowest BCUT2D eigenvalue weighted by Gasteiger charge is -2.39. The first-order valence-electron chi connectivity index (χ1n) is 11.6. The number of amides is 1. The van der Waals surface area contributed by atoms with Gasteiger partial charge in [-0.25, -0.2) is 0 Å². The van der Waals surface area contributed by atoms with Crippen molar-refractivity contribution in [1.82, 2.24) is 20.0 Å². The number of nitrogens with one attached hydrogen (secondary N) is 1. The van der Waals surface area contributed by atoms with E-state index in [1.54, 1.807) is 0 Å². The molecule has 8 heteroatoms. The minimum absolute atomic E-state index is 0. The zero-order chi connectivity index (χ0) is 21.6. The molecule has 1 N–H and O–H groups in total. The molecule has 1 aromatic carbocycles. The SMILES string of the molecule is CN=C(NCc1ccc(N2CC=CC2)cc1)N1CCN(C(C)C(=O)N2CCCC2)CC1.I. The van der Waals surface area contributed by atoms with Crippen LogP contribution in [0.4, 0.5) is 5.69 Å². The number of hydrogen-bond acceptors (Lipinski definition) is 4. The third-order valence-electron chi connectivity index (χ3n) is 6.72. The van der Waals surface area contributed by atoms with Crippen molar-refractivity contribution in [3.63, 3.8) is 0 Å². The molecule has 1 unspecified atom stereocenters. The largest absolute Gasteiger partial charge is 0.364 e. The fraction of sp³-hybridized carbons (Fsp3) is 0.583. The van der Waals surface area contributed by atoms with Crippen molar-refractivity contribution in [3.8, 4) is 0 Å². The number of piperazine rings is 1. The highest BCUT2D eigenvalue weighted by molar-refractivity contribution is 14.0. The molecule has 32 heavy (non-hydrogen) atoms. The number of halogens is 1. The van der Waals surface area contributed by atoms with Crippen LogP contribution in [0.5, 0.6) is 0 Å². The van der Waals surface area contributed by atoms with Gasteiger partial charge in [0.15, 0.2) is 5.96 Å². The Hall–Kier alpha value is -1.81. The van der Waals surface area contributed by atoms with Crippen LogP contribution in [-0.2, 0) is 11.3 Å². The number of likely N-dealkylation sites (tertiary alicyclic amines) is 1. The maximum Gasteiger partial charge on any atom is 0.239 e. The van der Waals surface area contributed by atoms with Crippen molar-refractivity contribution in [2.24, 2.45) is 4.99 Å². The van der Waals surface area contributed by atoms with Gasteiger partial charge in [0.25, 0.3) is 0 Å². The Morgan fingerprint density at radius 2 is 1.59 bits per heavy atom. The molecule has 0 spiro atoms. The van der Waals surface area contributed by atoms with Crippen molar-refractivity contribution < 1.29 is 4.79 Å². The average molecular weight is 553 g/mol. The third kappa shape index (κ3) is 5.95. The van der Waals surface area contributed by atoms with Crippen molar-refractivity contribution >= 4 is 41.5 Å². The van der Waals surface area contributed by atoms with E-state index in [1.807, 2.05) is 11.9 Å². The monoisotopic (exact) mass is 552 g/mol. The fourth-order valence-electron chi connectivity index (χ4n) is 4.71. The van der Waals surface area contributed by atoms with E-state index in [4.69, 9.17) is 0 Å². The van der Waals surface area contributed by atoms with E-state index >= 15 is 0 Å². The minimum Gasteiger partial charge on any atom is -0.364 e. The molecule has 2 saturated heterocycles. The van der Waals surface area contributed by atoms with Crippen LogP contribution in [0.25, 0.3) is 0 Å². The maximum absolute atomic E-state index is 12.7. The van der Waals surface area contributed by atoms with Crippen LogP contribution in [0, 0.1) is 0 Å². The quantitative estimate of drug-likeness (QED) is 0.263. The predicted molar refractivity (Wildman–Crippen MR) is 142 cm³/mol. The van der Waals surface area contributed by atoms with Gasteiger partial charge in [-0.1, -0.05) is 24.3 Å². The van der Waals surface area contributed by atoms with Crippen LogP contribution in [0.1, 0.15) is 25.3 Å². The van der Waals surface area contributed by atoms with E-state index in [1.165, 1.54) is 11.3 Å². The zero-order valence-corrected chi connectivity index (χ0v) is 21.7. The van der Waals surface area contributed by atoms with Gasteiger partial charge in [-0.2, -0.15) is 0 Å². The van der Waals surface area contributed by atoms with Gasteiger partial charge in [0.2, 0.25) is 5.91 Å². The van der Waals surface area contributed by atoms with Gasteiger partial charge >= 0.3 is 0 Å². The maximum atomic E-state index is 12.7. The topological polar surface area (TPSA) is 54.4 Å². The number of guanidine groups is 1. The van der Waals surface area contributed by atoms with E-state index < -0.39 is 0 Å². The highest BCUT2D eigenvalue weighted by Crippen LogP contribution is 2.18. The summed E-state index contributed by atoms with van der Waals surface area (Å²) in [6, 6.07) is 8.75. The van der Waals surface area contributed by atoms with E-state index in [0.717, 1.165) is 77.7 Å². The lowest BCUT2D eigenvalue weighted by Crippen LogP contribution is -2.57. The summed E-state index contributed by atoms with van der Waals surface area (Å²) in [5.74, 6) is 1.23. The van der Waals surface area contributed by atoms with E-state index in [9.17, 15) is 4.79 Å². The van der Waals surface area contributed by atoms with Gasteiger partial charge in [0.05, 0.1) is 6.04 Å². The van der Waals surface area contributed by atoms with Crippen LogP contribution in [0.3, 0.4) is 0 Å². The Kier molecular flexibility index (Phi) is 9.22. The number of rotatable bonds is 5. The summed E-state index contributed by atoms with van der Waals surface area (Å²) in [6.07, 6.45) is 6.71. The lowest BCUT2D eigenvalue weighted by atomic mass is 10.2. The molecule has 3 aliphatic rings. The summed E-state index contributed by atoms with van der Waals surface area (Å²) < 4.78 is 0. The molecule has 0 bridgehead atoms. The minimum atomic E-state index is -0.0282. The second kappa shape index (κ2) is 11.9. The molecule has 0 aliphatic carbocycles. The first-order valence-corrected chi connectivity index (χ1v) is 11.6. The second-order valence-electron chi connectivity index (χ2n) is 8.67. The Morgan fingerprint density at radius 1 is 0.969 bits per heavy atom. The van der Waals surface area contributed by atoms with Gasteiger partial charge in [-0.3, -0.25) is 14.7 Å². The van der Waals surface area contributed by atoms with Crippen LogP contribution >= 0.6 is 24.0 Å². The van der Waals surface area contributed by atoms with E-state index in [0.29, 0.717) is 5.91 Å². The van der Waals surface area contributed by atoms with Crippen LogP contribution in [-0.4, -0.2) is 92.0 Å².